The smallest absolute Gasteiger partial charge is 0.191 e. The van der Waals surface area contributed by atoms with Crippen molar-refractivity contribution in [2.24, 2.45) is 28.2 Å². The molecule has 7 rings (SSSR count). The van der Waals surface area contributed by atoms with E-state index in [1.165, 1.54) is 11.1 Å². The molecule has 49 heavy (non-hydrogen) atoms. The molecule has 0 atom stereocenters. The van der Waals surface area contributed by atoms with Crippen molar-refractivity contribution in [2.45, 2.75) is 69.2 Å². The van der Waals surface area contributed by atoms with Gasteiger partial charge in [0.1, 0.15) is 12.5 Å². The second kappa shape index (κ2) is 22.5. The molecular weight excluding hydrogens is 639 g/mol. The molecule has 0 amide bonds. The molecule has 7 heterocycles. The first-order valence-corrected chi connectivity index (χ1v) is 16.4. The molecule has 0 aliphatic heterocycles. The Morgan fingerprint density at radius 1 is 0.510 bits per heavy atom. The van der Waals surface area contributed by atoms with E-state index in [4.69, 9.17) is 8.83 Å². The van der Waals surface area contributed by atoms with Gasteiger partial charge in [-0.2, -0.15) is 20.4 Å². The van der Waals surface area contributed by atoms with E-state index in [-0.39, 0.29) is 0 Å². The zero-order chi connectivity index (χ0) is 36.9. The summed E-state index contributed by atoms with van der Waals surface area (Å²) in [7, 11) is 7.64. The minimum atomic E-state index is 0.734. The minimum Gasteiger partial charge on any atom is -0.449 e. The Kier molecular flexibility index (Phi) is 19.2. The van der Waals surface area contributed by atoms with Gasteiger partial charge in [-0.15, -0.1) is 11.3 Å². The monoisotopic (exact) mass is 691 g/mol. The molecule has 7 aromatic rings. The SMILES string of the molecule is Cc1ccn(C)n1.Cc1ccn(C)n1.Cc1cnn(C)c1.Cc1cnn(C)c1.Cc1coc(C)n1.Cc1coc(C)n1.Cc1csc(C)n1. The number of oxazole rings is 2. The summed E-state index contributed by atoms with van der Waals surface area (Å²) in [6.07, 6.45) is 14.7. The van der Waals surface area contributed by atoms with Crippen LogP contribution < -0.4 is 0 Å². The number of rotatable bonds is 0. The third kappa shape index (κ3) is 21.4. The van der Waals surface area contributed by atoms with Gasteiger partial charge in [0.25, 0.3) is 0 Å². The van der Waals surface area contributed by atoms with Gasteiger partial charge in [0.05, 0.1) is 40.2 Å². The fraction of sp³-hybridized carbons (Fsp3) is 0.400. The Bertz CT molecular complexity index is 1360. The van der Waals surface area contributed by atoms with Gasteiger partial charge in [0, 0.05) is 77.9 Å². The van der Waals surface area contributed by atoms with Crippen molar-refractivity contribution in [1.29, 1.82) is 0 Å². The van der Waals surface area contributed by atoms with E-state index in [2.05, 4.69) is 40.7 Å². The molecule has 0 radical (unpaired) electrons. The van der Waals surface area contributed by atoms with Gasteiger partial charge in [0.15, 0.2) is 11.8 Å². The molecule has 0 fully saturated rings. The average Bonchev–Trinajstić information content (AvgIpc) is 3.90. The van der Waals surface area contributed by atoms with Crippen LogP contribution in [0.5, 0.6) is 0 Å². The predicted molar refractivity (Wildman–Crippen MR) is 195 cm³/mol. The van der Waals surface area contributed by atoms with Crippen molar-refractivity contribution in [3.05, 3.63) is 124 Å². The second-order valence-corrected chi connectivity index (χ2v) is 12.2. The van der Waals surface area contributed by atoms with E-state index in [0.717, 1.165) is 45.3 Å². The fourth-order valence-electron chi connectivity index (χ4n) is 3.56. The number of hydrogen-bond acceptors (Lipinski definition) is 10. The van der Waals surface area contributed by atoms with Gasteiger partial charge in [-0.25, -0.2) is 15.0 Å². The fourth-order valence-corrected chi connectivity index (χ4v) is 4.15. The molecule has 266 valence electrons. The third-order valence-corrected chi connectivity index (χ3v) is 6.45. The Hall–Kier alpha value is -5.11. The first kappa shape index (κ1) is 41.9. The van der Waals surface area contributed by atoms with Gasteiger partial charge in [-0.1, -0.05) is 0 Å². The Morgan fingerprint density at radius 3 is 1.00 bits per heavy atom. The summed E-state index contributed by atoms with van der Waals surface area (Å²) < 4.78 is 16.9. The number of aromatic nitrogens is 11. The van der Waals surface area contributed by atoms with Crippen LogP contribution in [0.2, 0.25) is 0 Å². The first-order chi connectivity index (χ1) is 23.0. The van der Waals surface area contributed by atoms with Crippen LogP contribution in [0.4, 0.5) is 0 Å². The van der Waals surface area contributed by atoms with Crippen molar-refractivity contribution >= 4 is 11.3 Å². The summed E-state index contributed by atoms with van der Waals surface area (Å²) >= 11 is 1.69. The van der Waals surface area contributed by atoms with Crippen molar-refractivity contribution in [1.82, 2.24) is 54.1 Å². The standard InChI is InChI=1S/4C5H8N2.2C5H7NO.C5H7NS/c2*1-5-3-6-7(2)4-5;2*1-5-3-4-7(2)6-5;3*1-4-3-7-5(2)6-4/h4*3-4H,1-2H3;3*3H,1-2H3. The molecule has 0 N–H and O–H groups in total. The summed E-state index contributed by atoms with van der Waals surface area (Å²) in [6, 6.07) is 3.94. The lowest BCUT2D eigenvalue weighted by Crippen LogP contribution is -1.86. The van der Waals surface area contributed by atoms with Gasteiger partial charge in [-0.3, -0.25) is 18.7 Å². The minimum absolute atomic E-state index is 0.734. The highest BCUT2D eigenvalue weighted by Gasteiger charge is 1.89. The van der Waals surface area contributed by atoms with Crippen molar-refractivity contribution in [3.8, 4) is 0 Å². The lowest BCUT2D eigenvalue weighted by molar-refractivity contribution is 0.520. The summed E-state index contributed by atoms with van der Waals surface area (Å²) in [5.74, 6) is 1.47. The van der Waals surface area contributed by atoms with E-state index < -0.39 is 0 Å². The predicted octanol–water partition coefficient (Wildman–Crippen LogP) is 7.26. The zero-order valence-corrected chi connectivity index (χ0v) is 32.3. The van der Waals surface area contributed by atoms with Crippen LogP contribution >= 0.6 is 11.3 Å². The van der Waals surface area contributed by atoms with Gasteiger partial charge >= 0.3 is 0 Å². The van der Waals surface area contributed by atoms with E-state index in [1.54, 1.807) is 42.6 Å². The molecule has 0 saturated heterocycles. The summed E-state index contributed by atoms with van der Waals surface area (Å²) in [5.41, 5.74) is 7.58. The van der Waals surface area contributed by atoms with Crippen molar-refractivity contribution < 1.29 is 8.83 Å². The molecule has 0 aliphatic rings. The van der Waals surface area contributed by atoms with Crippen LogP contribution in [-0.2, 0) is 28.2 Å². The Morgan fingerprint density at radius 2 is 0.918 bits per heavy atom. The lowest BCUT2D eigenvalue weighted by Gasteiger charge is -1.79. The van der Waals surface area contributed by atoms with E-state index in [9.17, 15) is 0 Å². The van der Waals surface area contributed by atoms with Crippen molar-refractivity contribution in [2.75, 3.05) is 0 Å². The topological polar surface area (TPSA) is 136 Å². The molecular formula is C35H53N11O2S. The van der Waals surface area contributed by atoms with Crippen LogP contribution in [0.15, 0.2) is 76.1 Å². The van der Waals surface area contributed by atoms with Crippen LogP contribution in [0.25, 0.3) is 0 Å². The largest absolute Gasteiger partial charge is 0.449 e. The maximum Gasteiger partial charge on any atom is 0.191 e. The maximum absolute atomic E-state index is 4.85. The van der Waals surface area contributed by atoms with Crippen LogP contribution in [0, 0.1) is 69.2 Å². The molecule has 7 aromatic heterocycles. The molecule has 13 nitrogen and oxygen atoms in total. The first-order valence-electron chi connectivity index (χ1n) is 15.5. The average molecular weight is 692 g/mol. The lowest BCUT2D eigenvalue weighted by atomic mass is 10.4. The number of hydrogen-bond donors (Lipinski definition) is 0. The molecule has 0 aliphatic carbocycles. The molecule has 0 spiro atoms. The van der Waals surface area contributed by atoms with E-state index in [1.807, 2.05) is 147 Å². The van der Waals surface area contributed by atoms with Gasteiger partial charge in [0.2, 0.25) is 0 Å². The van der Waals surface area contributed by atoms with E-state index in [0.29, 0.717) is 0 Å². The Labute approximate surface area is 294 Å². The van der Waals surface area contributed by atoms with Gasteiger partial charge < -0.3 is 8.83 Å². The number of aryl methyl sites for hydroxylation is 14. The molecule has 14 heteroatoms. The number of thiazole rings is 1. The van der Waals surface area contributed by atoms with E-state index >= 15 is 0 Å². The normalized spacial score (nSPS) is 9.43. The maximum atomic E-state index is 4.85. The third-order valence-electron chi connectivity index (χ3n) is 5.56. The highest BCUT2D eigenvalue weighted by atomic mass is 32.1. The van der Waals surface area contributed by atoms with Crippen LogP contribution in [0.3, 0.4) is 0 Å². The highest BCUT2D eigenvalue weighted by molar-refractivity contribution is 7.09. The zero-order valence-electron chi connectivity index (χ0n) is 31.5. The Balaban J connectivity index is 0.000000286. The van der Waals surface area contributed by atoms with Crippen LogP contribution in [0.1, 0.15) is 56.4 Å². The van der Waals surface area contributed by atoms with Crippen molar-refractivity contribution in [3.63, 3.8) is 0 Å². The molecule has 0 saturated carbocycles. The molecule has 0 bridgehead atoms. The molecule has 0 unspecified atom stereocenters. The summed E-state index contributed by atoms with van der Waals surface area (Å²) in [5, 5.41) is 19.1. The quantitative estimate of drug-likeness (QED) is 0.161. The number of nitrogens with zero attached hydrogens (tertiary/aromatic N) is 11. The van der Waals surface area contributed by atoms with Gasteiger partial charge in [-0.05, 0) is 78.6 Å². The highest BCUT2D eigenvalue weighted by Crippen LogP contribution is 2.05. The summed E-state index contributed by atoms with van der Waals surface area (Å²) in [4.78, 5) is 12.0. The second-order valence-electron chi connectivity index (χ2n) is 11.2. The van der Waals surface area contributed by atoms with Crippen LogP contribution in [-0.4, -0.2) is 54.1 Å². The molecule has 0 aromatic carbocycles. The summed E-state index contributed by atoms with van der Waals surface area (Å²) in [6.45, 7) is 19.5.